The first-order valence-corrected chi connectivity index (χ1v) is 28.5. The van der Waals surface area contributed by atoms with Crippen molar-refractivity contribution in [1.82, 2.24) is 5.32 Å². The van der Waals surface area contributed by atoms with Crippen LogP contribution in [0.5, 0.6) is 0 Å². The first kappa shape index (κ1) is 62.5. The minimum absolute atomic E-state index is 0.0560. The maximum Gasteiger partial charge on any atom is 0.472 e. The molecule has 0 aromatic rings. The predicted molar refractivity (Wildman–Crippen MR) is 277 cm³/mol. The fraction of sp³-hybridized carbons (Fsp3) is 0.836. The van der Waals surface area contributed by atoms with Gasteiger partial charge in [-0.25, -0.2) is 4.57 Å². The lowest BCUT2D eigenvalue weighted by Gasteiger charge is -2.25. The van der Waals surface area contributed by atoms with E-state index in [0.29, 0.717) is 17.4 Å². The Kier molecular flexibility index (Phi) is 45.4. The fourth-order valence-electron chi connectivity index (χ4n) is 7.74. The molecule has 3 unspecified atom stereocenters. The Morgan fingerprint density at radius 2 is 0.906 bits per heavy atom. The third-order valence-electron chi connectivity index (χ3n) is 12.0. The summed E-state index contributed by atoms with van der Waals surface area (Å²) in [6, 6.07) is -0.863. The minimum Gasteiger partial charge on any atom is -0.387 e. The summed E-state index contributed by atoms with van der Waals surface area (Å²) in [7, 11) is 1.56. The molecule has 0 aliphatic rings. The number of phosphoric ester groups is 1. The van der Waals surface area contributed by atoms with Gasteiger partial charge < -0.3 is 19.8 Å². The molecule has 0 radical (unpaired) electrons. The highest BCUT2D eigenvalue weighted by atomic mass is 31.2. The number of aliphatic hydroxyl groups excluding tert-OH is 1. The monoisotopic (exact) mass is 922 g/mol. The van der Waals surface area contributed by atoms with Crippen molar-refractivity contribution in [2.75, 3.05) is 40.9 Å². The van der Waals surface area contributed by atoms with Crippen LogP contribution in [0, 0.1) is 0 Å². The van der Waals surface area contributed by atoms with E-state index in [1.807, 2.05) is 27.2 Å². The third kappa shape index (κ3) is 48.4. The molecule has 9 heteroatoms. The van der Waals surface area contributed by atoms with Gasteiger partial charge in [0.2, 0.25) is 5.91 Å². The van der Waals surface area contributed by atoms with Gasteiger partial charge in [0, 0.05) is 6.42 Å². The number of nitrogens with one attached hydrogen (secondary N) is 1. The molecule has 0 aromatic carbocycles. The molecule has 0 spiro atoms. The lowest BCUT2D eigenvalue weighted by Crippen LogP contribution is -2.45. The topological polar surface area (TPSA) is 105 Å². The maximum absolute atomic E-state index is 12.9. The normalized spacial score (nSPS) is 14.4. The molecule has 0 heterocycles. The van der Waals surface area contributed by atoms with E-state index in [4.69, 9.17) is 9.05 Å². The molecule has 0 aliphatic heterocycles. The highest BCUT2D eigenvalue weighted by Crippen LogP contribution is 2.43. The van der Waals surface area contributed by atoms with E-state index in [1.165, 1.54) is 180 Å². The average Bonchev–Trinajstić information content (AvgIpc) is 3.25. The zero-order valence-electron chi connectivity index (χ0n) is 42.8. The second kappa shape index (κ2) is 46.6. The standard InChI is InChI=1S/C55H105N2O6P/c1-6-8-10-12-14-16-18-20-22-23-24-25-26-27-28-29-30-31-32-33-35-37-39-41-43-45-47-49-55(59)56-53(52-63-64(60,61)62-51-50-57(3,4)5)54(58)48-46-44-42-40-38-36-34-21-19-17-15-13-11-9-7-2/h18,20,23-24,38,40,46,48,53-54,58H,6-17,19,21-22,25-37,39,41-45,47,49-52H2,1-5H3,(H-,56,59,60,61)/p+1/b20-18-,24-23-,40-38+,48-46+. The second-order valence-electron chi connectivity index (χ2n) is 19.6. The van der Waals surface area contributed by atoms with Crippen LogP contribution in [0.4, 0.5) is 0 Å². The quantitative estimate of drug-likeness (QED) is 0.0243. The highest BCUT2D eigenvalue weighted by Gasteiger charge is 2.27. The number of allylic oxidation sites excluding steroid dienone is 7. The molecule has 0 bridgehead atoms. The number of unbranched alkanes of at least 4 members (excludes halogenated alkanes) is 30. The Labute approximate surface area is 397 Å². The summed E-state index contributed by atoms with van der Waals surface area (Å²) in [5.41, 5.74) is 0. The number of amides is 1. The van der Waals surface area contributed by atoms with Crippen LogP contribution in [-0.4, -0.2) is 73.4 Å². The van der Waals surface area contributed by atoms with Crippen LogP contribution in [0.1, 0.15) is 245 Å². The Hall–Kier alpha value is -1.54. The molecule has 376 valence electrons. The first-order valence-electron chi connectivity index (χ1n) is 27.0. The maximum atomic E-state index is 12.9. The molecule has 3 N–H and O–H groups in total. The predicted octanol–water partition coefficient (Wildman–Crippen LogP) is 16.0. The number of likely N-dealkylation sites (N-methyl/N-ethyl adjacent to an activating group) is 1. The number of nitrogens with zero attached hydrogens (tertiary/aromatic N) is 1. The summed E-state index contributed by atoms with van der Waals surface area (Å²) in [6.45, 7) is 4.79. The lowest BCUT2D eigenvalue weighted by molar-refractivity contribution is -0.870. The highest BCUT2D eigenvalue weighted by molar-refractivity contribution is 7.47. The van der Waals surface area contributed by atoms with Crippen molar-refractivity contribution in [3.63, 3.8) is 0 Å². The third-order valence-corrected chi connectivity index (χ3v) is 13.0. The number of rotatable bonds is 49. The number of quaternary nitrogens is 1. The van der Waals surface area contributed by atoms with Crippen LogP contribution in [0.3, 0.4) is 0 Å². The van der Waals surface area contributed by atoms with E-state index in [0.717, 1.165) is 44.9 Å². The summed E-state index contributed by atoms with van der Waals surface area (Å²) in [5.74, 6) is -0.186. The smallest absolute Gasteiger partial charge is 0.387 e. The van der Waals surface area contributed by atoms with Gasteiger partial charge in [-0.3, -0.25) is 13.8 Å². The Bertz CT molecular complexity index is 1180. The number of hydrogen-bond donors (Lipinski definition) is 3. The zero-order valence-corrected chi connectivity index (χ0v) is 43.7. The molecule has 0 aromatic heterocycles. The van der Waals surface area contributed by atoms with Gasteiger partial charge >= 0.3 is 7.82 Å². The zero-order chi connectivity index (χ0) is 47.1. The molecule has 0 saturated carbocycles. The Morgan fingerprint density at radius 3 is 1.34 bits per heavy atom. The van der Waals surface area contributed by atoms with Crippen LogP contribution in [0.2, 0.25) is 0 Å². The fourth-order valence-corrected chi connectivity index (χ4v) is 8.47. The van der Waals surface area contributed by atoms with E-state index >= 15 is 0 Å². The molecular weight excluding hydrogens is 816 g/mol. The largest absolute Gasteiger partial charge is 0.472 e. The van der Waals surface area contributed by atoms with Crippen molar-refractivity contribution in [3.05, 3.63) is 48.6 Å². The van der Waals surface area contributed by atoms with Crippen molar-refractivity contribution in [2.24, 2.45) is 0 Å². The van der Waals surface area contributed by atoms with Crippen molar-refractivity contribution in [2.45, 2.75) is 257 Å². The average molecular weight is 922 g/mol. The van der Waals surface area contributed by atoms with Gasteiger partial charge in [-0.2, -0.15) is 0 Å². The molecule has 0 rings (SSSR count). The Morgan fingerprint density at radius 1 is 0.531 bits per heavy atom. The van der Waals surface area contributed by atoms with Crippen molar-refractivity contribution >= 4 is 13.7 Å². The summed E-state index contributed by atoms with van der Waals surface area (Å²) >= 11 is 0. The van der Waals surface area contributed by atoms with E-state index in [9.17, 15) is 19.4 Å². The lowest BCUT2D eigenvalue weighted by atomic mass is 10.0. The summed E-state index contributed by atoms with van der Waals surface area (Å²) < 4.78 is 23.6. The number of carbonyl (C=O) groups is 1. The van der Waals surface area contributed by atoms with Gasteiger partial charge in [-0.05, 0) is 64.2 Å². The molecule has 8 nitrogen and oxygen atoms in total. The summed E-state index contributed by atoms with van der Waals surface area (Å²) in [4.78, 5) is 23.2. The van der Waals surface area contributed by atoms with Crippen LogP contribution in [0.25, 0.3) is 0 Å². The SMILES string of the molecule is CCCCCCC/C=C\C/C=C\CCCCCCCCCCCCCCCCCC(=O)NC(COP(=O)(O)OCC[N+](C)(C)C)C(O)/C=C/CC/C=C/CCCCCCCCCCC. The number of carbonyl (C=O) groups excluding carboxylic acids is 1. The molecule has 0 aliphatic carbocycles. The molecular formula is C55H106N2O6P+. The van der Waals surface area contributed by atoms with Gasteiger partial charge in [0.05, 0.1) is 39.9 Å². The van der Waals surface area contributed by atoms with Crippen molar-refractivity contribution in [1.29, 1.82) is 0 Å². The summed E-state index contributed by atoms with van der Waals surface area (Å²) in [5, 5.41) is 13.9. The first-order chi connectivity index (χ1) is 31.0. The minimum atomic E-state index is -4.35. The van der Waals surface area contributed by atoms with Gasteiger partial charge in [0.1, 0.15) is 13.2 Å². The van der Waals surface area contributed by atoms with Gasteiger partial charge in [0.25, 0.3) is 0 Å². The Balaban J connectivity index is 4.20. The van der Waals surface area contributed by atoms with E-state index in [2.05, 4.69) is 55.6 Å². The van der Waals surface area contributed by atoms with Crippen LogP contribution < -0.4 is 5.32 Å². The van der Waals surface area contributed by atoms with Crippen LogP contribution in [-0.2, 0) is 18.4 Å². The molecule has 0 saturated heterocycles. The van der Waals surface area contributed by atoms with Crippen LogP contribution in [0.15, 0.2) is 48.6 Å². The van der Waals surface area contributed by atoms with Gasteiger partial charge in [-0.1, -0.05) is 223 Å². The molecule has 1 amide bonds. The molecule has 0 fully saturated rings. The number of phosphoric acid groups is 1. The second-order valence-corrected chi connectivity index (χ2v) is 21.0. The van der Waals surface area contributed by atoms with Gasteiger partial charge in [0.15, 0.2) is 0 Å². The van der Waals surface area contributed by atoms with E-state index in [1.54, 1.807) is 6.08 Å². The van der Waals surface area contributed by atoms with Crippen molar-refractivity contribution in [3.8, 4) is 0 Å². The van der Waals surface area contributed by atoms with E-state index in [-0.39, 0.29) is 19.1 Å². The molecule has 64 heavy (non-hydrogen) atoms. The summed E-state index contributed by atoms with van der Waals surface area (Å²) in [6.07, 6.45) is 60.6. The van der Waals surface area contributed by atoms with Crippen molar-refractivity contribution < 1.29 is 32.9 Å². The van der Waals surface area contributed by atoms with Crippen LogP contribution >= 0.6 is 7.82 Å². The number of hydrogen-bond acceptors (Lipinski definition) is 5. The van der Waals surface area contributed by atoms with Gasteiger partial charge in [-0.15, -0.1) is 0 Å². The van der Waals surface area contributed by atoms with E-state index < -0.39 is 20.0 Å². The number of aliphatic hydroxyl groups is 1. The molecule has 3 atom stereocenters.